The van der Waals surface area contributed by atoms with Crippen molar-refractivity contribution < 1.29 is 13.2 Å². The van der Waals surface area contributed by atoms with E-state index in [0.29, 0.717) is 11.3 Å². The highest BCUT2D eigenvalue weighted by Crippen LogP contribution is 2.35. The van der Waals surface area contributed by atoms with E-state index in [2.05, 4.69) is 10.2 Å². The van der Waals surface area contributed by atoms with Gasteiger partial charge in [0.2, 0.25) is 9.84 Å². The minimum absolute atomic E-state index is 0.0469. The van der Waals surface area contributed by atoms with Gasteiger partial charge in [0.15, 0.2) is 5.03 Å². The Morgan fingerprint density at radius 1 is 0.864 bits per heavy atom. The lowest BCUT2D eigenvalue weighted by Crippen LogP contribution is -2.07. The third kappa shape index (κ3) is 2.21. The molecule has 0 spiro atoms. The second-order valence-electron chi connectivity index (χ2n) is 4.59. The normalized spacial score (nSPS) is 14.6. The first-order chi connectivity index (χ1) is 10.5. The van der Waals surface area contributed by atoms with Crippen LogP contribution >= 0.6 is 0 Å². The van der Waals surface area contributed by atoms with E-state index < -0.39 is 15.7 Å². The van der Waals surface area contributed by atoms with Crippen LogP contribution in [0.2, 0.25) is 0 Å². The standard InChI is InChI=1S/C15H11N3O3S/c16-12-9-5-4-8-11(12)13-14(19)17-18-15(13)22(20,21)10-6-2-1-3-7-10/h1-9H,16H2. The molecule has 0 saturated heterocycles. The Kier molecular flexibility index (Phi) is 3.34. The van der Waals surface area contributed by atoms with Gasteiger partial charge < -0.3 is 5.73 Å². The molecule has 22 heavy (non-hydrogen) atoms. The Balaban J connectivity index is 2.26. The molecule has 0 bridgehead atoms. The van der Waals surface area contributed by atoms with E-state index in [1.54, 1.807) is 42.5 Å². The molecule has 1 aliphatic rings. The smallest absolute Gasteiger partial charge is 0.299 e. The number of nitrogens with two attached hydrogens (primary N) is 1. The highest BCUT2D eigenvalue weighted by Gasteiger charge is 2.33. The number of carbonyl (C=O) groups excluding carboxylic acids is 1. The summed E-state index contributed by atoms with van der Waals surface area (Å²) in [4.78, 5) is 12.0. The number of hydrogen-bond donors (Lipinski definition) is 1. The van der Waals surface area contributed by atoms with Gasteiger partial charge in [-0.1, -0.05) is 36.4 Å². The van der Waals surface area contributed by atoms with Gasteiger partial charge in [-0.2, -0.15) is 0 Å². The second kappa shape index (κ2) is 5.19. The third-order valence-electron chi connectivity index (χ3n) is 3.20. The molecule has 2 aromatic rings. The van der Waals surface area contributed by atoms with Crippen LogP contribution in [0.15, 0.2) is 74.8 Å². The number of anilines is 1. The predicted molar refractivity (Wildman–Crippen MR) is 81.3 cm³/mol. The molecule has 110 valence electrons. The Labute approximate surface area is 126 Å². The molecule has 3 rings (SSSR count). The van der Waals surface area contributed by atoms with Crippen molar-refractivity contribution in [3.63, 3.8) is 0 Å². The maximum absolute atomic E-state index is 12.7. The molecule has 2 N–H and O–H groups in total. The zero-order valence-corrected chi connectivity index (χ0v) is 12.1. The average molecular weight is 313 g/mol. The van der Waals surface area contributed by atoms with Crippen LogP contribution in [0.5, 0.6) is 0 Å². The maximum atomic E-state index is 12.7. The summed E-state index contributed by atoms with van der Waals surface area (Å²) in [5, 5.41) is 6.59. The SMILES string of the molecule is Nc1ccccc1C1=C(S(=O)(=O)c2ccccc2)N=NC1=O. The van der Waals surface area contributed by atoms with Crippen molar-refractivity contribution in [2.75, 3.05) is 5.73 Å². The van der Waals surface area contributed by atoms with Crippen LogP contribution in [-0.2, 0) is 14.6 Å². The first kappa shape index (κ1) is 14.2. The number of rotatable bonds is 3. The van der Waals surface area contributed by atoms with E-state index in [0.717, 1.165) is 0 Å². The highest BCUT2D eigenvalue weighted by molar-refractivity contribution is 7.95. The largest absolute Gasteiger partial charge is 0.398 e. The minimum Gasteiger partial charge on any atom is -0.398 e. The van der Waals surface area contributed by atoms with Crippen LogP contribution in [0.1, 0.15) is 5.56 Å². The lowest BCUT2D eigenvalue weighted by Gasteiger charge is -2.07. The summed E-state index contributed by atoms with van der Waals surface area (Å²) in [5.41, 5.74) is 6.35. The van der Waals surface area contributed by atoms with Gasteiger partial charge >= 0.3 is 0 Å². The van der Waals surface area contributed by atoms with E-state index in [9.17, 15) is 13.2 Å². The fourth-order valence-corrected chi connectivity index (χ4v) is 3.49. The van der Waals surface area contributed by atoms with Crippen LogP contribution in [-0.4, -0.2) is 14.3 Å². The second-order valence-corrected chi connectivity index (χ2v) is 6.45. The molecule has 7 heteroatoms. The van der Waals surface area contributed by atoms with E-state index in [-0.39, 0.29) is 15.5 Å². The van der Waals surface area contributed by atoms with Gasteiger partial charge in [-0.15, -0.1) is 10.2 Å². The Hall–Kier alpha value is -2.80. The van der Waals surface area contributed by atoms with Gasteiger partial charge in [0.25, 0.3) is 5.91 Å². The number of hydrogen-bond acceptors (Lipinski definition) is 5. The van der Waals surface area contributed by atoms with Crippen molar-refractivity contribution in [2.45, 2.75) is 4.90 Å². The van der Waals surface area contributed by atoms with Crippen molar-refractivity contribution >= 4 is 27.0 Å². The highest BCUT2D eigenvalue weighted by atomic mass is 32.2. The Morgan fingerprint density at radius 3 is 2.18 bits per heavy atom. The monoisotopic (exact) mass is 313 g/mol. The van der Waals surface area contributed by atoms with Gasteiger partial charge in [-0.05, 0) is 18.2 Å². The number of nitrogens with zero attached hydrogens (tertiary/aromatic N) is 2. The number of carbonyl (C=O) groups is 1. The first-order valence-electron chi connectivity index (χ1n) is 6.37. The molecule has 1 heterocycles. The van der Waals surface area contributed by atoms with Crippen LogP contribution in [0, 0.1) is 0 Å². The number of nitrogen functional groups attached to an aromatic ring is 1. The molecule has 0 aromatic heterocycles. The molecule has 6 nitrogen and oxygen atoms in total. The summed E-state index contributed by atoms with van der Waals surface area (Å²) in [6.07, 6.45) is 0. The number of para-hydroxylation sites is 1. The van der Waals surface area contributed by atoms with E-state index >= 15 is 0 Å². The van der Waals surface area contributed by atoms with Crippen LogP contribution < -0.4 is 5.73 Å². The molecule has 0 unspecified atom stereocenters. The molecule has 2 aromatic carbocycles. The number of benzene rings is 2. The molecule has 0 radical (unpaired) electrons. The van der Waals surface area contributed by atoms with E-state index in [1.807, 2.05) is 0 Å². The maximum Gasteiger partial charge on any atom is 0.299 e. The molecular formula is C15H11N3O3S. The van der Waals surface area contributed by atoms with Gasteiger partial charge in [-0.3, -0.25) is 4.79 Å². The summed E-state index contributed by atoms with van der Waals surface area (Å²) < 4.78 is 25.3. The molecule has 0 aliphatic carbocycles. The molecule has 1 amide bonds. The number of sulfone groups is 1. The van der Waals surface area contributed by atoms with Gasteiger partial charge in [0, 0.05) is 11.3 Å². The zero-order chi connectivity index (χ0) is 15.7. The summed E-state index contributed by atoms with van der Waals surface area (Å²) in [6, 6.07) is 14.3. The van der Waals surface area contributed by atoms with Gasteiger partial charge in [0.1, 0.15) is 0 Å². The van der Waals surface area contributed by atoms with Crippen molar-refractivity contribution in [1.29, 1.82) is 0 Å². The average Bonchev–Trinajstić information content (AvgIpc) is 2.91. The van der Waals surface area contributed by atoms with Crippen molar-refractivity contribution in [1.82, 2.24) is 0 Å². The van der Waals surface area contributed by atoms with Crippen LogP contribution in [0.4, 0.5) is 5.69 Å². The zero-order valence-electron chi connectivity index (χ0n) is 11.3. The summed E-state index contributed by atoms with van der Waals surface area (Å²) in [7, 11) is -3.94. The minimum atomic E-state index is -3.94. The Morgan fingerprint density at radius 2 is 1.50 bits per heavy atom. The van der Waals surface area contributed by atoms with Gasteiger partial charge in [-0.25, -0.2) is 8.42 Å². The lowest BCUT2D eigenvalue weighted by molar-refractivity contribution is -0.112. The number of amides is 1. The predicted octanol–water partition coefficient (Wildman–Crippen LogP) is 2.40. The van der Waals surface area contributed by atoms with Crippen LogP contribution in [0.25, 0.3) is 5.57 Å². The summed E-state index contributed by atoms with van der Waals surface area (Å²) >= 11 is 0. The quantitative estimate of drug-likeness (QED) is 0.879. The summed E-state index contributed by atoms with van der Waals surface area (Å²) in [5.74, 6) is -0.715. The molecule has 0 fully saturated rings. The fourth-order valence-electron chi connectivity index (χ4n) is 2.14. The summed E-state index contributed by atoms with van der Waals surface area (Å²) in [6.45, 7) is 0. The Bertz CT molecular complexity index is 916. The molecular weight excluding hydrogens is 302 g/mol. The lowest BCUT2D eigenvalue weighted by atomic mass is 10.1. The molecule has 0 saturated carbocycles. The van der Waals surface area contributed by atoms with Crippen molar-refractivity contribution in [3.8, 4) is 0 Å². The first-order valence-corrected chi connectivity index (χ1v) is 7.85. The van der Waals surface area contributed by atoms with E-state index in [4.69, 9.17) is 5.73 Å². The van der Waals surface area contributed by atoms with Crippen LogP contribution in [0.3, 0.4) is 0 Å². The van der Waals surface area contributed by atoms with Crippen molar-refractivity contribution in [2.24, 2.45) is 10.2 Å². The van der Waals surface area contributed by atoms with E-state index in [1.165, 1.54) is 12.1 Å². The molecule has 1 aliphatic heterocycles. The third-order valence-corrected chi connectivity index (χ3v) is 4.89. The fraction of sp³-hybridized carbons (Fsp3) is 0. The topological polar surface area (TPSA) is 102 Å². The van der Waals surface area contributed by atoms with Gasteiger partial charge in [0.05, 0.1) is 10.5 Å². The number of azo groups is 1. The molecule has 0 atom stereocenters. The van der Waals surface area contributed by atoms with Crippen molar-refractivity contribution in [3.05, 3.63) is 65.2 Å².